The van der Waals surface area contributed by atoms with Crippen molar-refractivity contribution in [3.63, 3.8) is 0 Å². The van der Waals surface area contributed by atoms with Crippen LogP contribution in [0.2, 0.25) is 0 Å². The standard InChI is InChI=1S/C14H18Cl2N2O6S4/c1-9-11(25-7-17-9)5-13(15)23-27(19,20)3-4-28(21,22)24-14(16)6-12-10(2)18-8-26-12/h7-8,13-14H,3-6H2,1-2H3. The molecule has 8 nitrogen and oxygen atoms in total. The van der Waals surface area contributed by atoms with Gasteiger partial charge in [-0.25, -0.2) is 9.97 Å². The van der Waals surface area contributed by atoms with Gasteiger partial charge in [0, 0.05) is 22.6 Å². The van der Waals surface area contributed by atoms with Crippen LogP contribution in [0.1, 0.15) is 21.1 Å². The van der Waals surface area contributed by atoms with E-state index < -0.39 is 42.9 Å². The highest BCUT2D eigenvalue weighted by Crippen LogP contribution is 2.20. The molecule has 0 amide bonds. The van der Waals surface area contributed by atoms with E-state index >= 15 is 0 Å². The first-order valence-electron chi connectivity index (χ1n) is 7.85. The van der Waals surface area contributed by atoms with Gasteiger partial charge < -0.3 is 0 Å². The monoisotopic (exact) mass is 508 g/mol. The number of halogens is 2. The van der Waals surface area contributed by atoms with Crippen molar-refractivity contribution in [1.82, 2.24) is 9.97 Å². The maximum Gasteiger partial charge on any atom is 0.269 e. The third-order valence-corrected chi connectivity index (χ3v) is 8.80. The largest absolute Gasteiger partial charge is 0.269 e. The molecule has 158 valence electrons. The summed E-state index contributed by atoms with van der Waals surface area (Å²) in [6, 6.07) is 0. The molecule has 0 spiro atoms. The summed E-state index contributed by atoms with van der Waals surface area (Å²) in [7, 11) is -8.36. The highest BCUT2D eigenvalue weighted by Gasteiger charge is 2.25. The number of aryl methyl sites for hydroxylation is 2. The number of hydrogen-bond donors (Lipinski definition) is 0. The molecule has 0 saturated heterocycles. The van der Waals surface area contributed by atoms with Gasteiger partial charge in [-0.2, -0.15) is 16.8 Å². The number of hydrogen-bond acceptors (Lipinski definition) is 10. The van der Waals surface area contributed by atoms with Crippen LogP contribution in [0.5, 0.6) is 0 Å². The second-order valence-electron chi connectivity index (χ2n) is 5.67. The van der Waals surface area contributed by atoms with Crippen LogP contribution in [0.15, 0.2) is 11.0 Å². The Morgan fingerprint density at radius 1 is 0.857 bits per heavy atom. The topological polar surface area (TPSA) is 113 Å². The summed E-state index contributed by atoms with van der Waals surface area (Å²) in [6.07, 6.45) is 0.275. The number of thiazole rings is 2. The average Bonchev–Trinajstić information content (AvgIpc) is 3.14. The molecule has 0 radical (unpaired) electrons. The zero-order valence-electron chi connectivity index (χ0n) is 14.9. The third-order valence-electron chi connectivity index (χ3n) is 3.47. The first kappa shape index (κ1) is 23.9. The Bertz CT molecular complexity index is 909. The van der Waals surface area contributed by atoms with Crippen molar-refractivity contribution in [3.8, 4) is 0 Å². The minimum atomic E-state index is -4.18. The van der Waals surface area contributed by atoms with Crippen LogP contribution in [0.4, 0.5) is 0 Å². The predicted octanol–water partition coefficient (Wildman–Crippen LogP) is 2.82. The summed E-state index contributed by atoms with van der Waals surface area (Å²) in [4.78, 5) is 9.65. The van der Waals surface area contributed by atoms with E-state index in [-0.39, 0.29) is 12.8 Å². The van der Waals surface area contributed by atoms with E-state index in [0.29, 0.717) is 0 Å². The van der Waals surface area contributed by atoms with E-state index in [0.717, 1.165) is 21.1 Å². The summed E-state index contributed by atoms with van der Waals surface area (Å²) in [5.41, 5.74) is 2.37. The molecule has 0 aromatic carbocycles. The van der Waals surface area contributed by atoms with E-state index in [1.54, 1.807) is 24.9 Å². The van der Waals surface area contributed by atoms with E-state index in [4.69, 9.17) is 31.6 Å². The van der Waals surface area contributed by atoms with Crippen LogP contribution < -0.4 is 0 Å². The number of nitrogens with zero attached hydrogens (tertiary/aromatic N) is 2. The summed E-state index contributed by atoms with van der Waals surface area (Å²) in [5.74, 6) is -1.60. The Morgan fingerprint density at radius 3 is 1.50 bits per heavy atom. The van der Waals surface area contributed by atoms with Gasteiger partial charge in [-0.1, -0.05) is 23.2 Å². The molecule has 2 atom stereocenters. The van der Waals surface area contributed by atoms with Crippen molar-refractivity contribution in [2.24, 2.45) is 0 Å². The lowest BCUT2D eigenvalue weighted by Crippen LogP contribution is -2.25. The van der Waals surface area contributed by atoms with Crippen molar-refractivity contribution in [2.75, 3.05) is 11.5 Å². The van der Waals surface area contributed by atoms with Gasteiger partial charge in [0.15, 0.2) is 11.1 Å². The van der Waals surface area contributed by atoms with Crippen molar-refractivity contribution in [3.05, 3.63) is 32.2 Å². The Morgan fingerprint density at radius 2 is 1.21 bits per heavy atom. The van der Waals surface area contributed by atoms with Crippen LogP contribution in [0.25, 0.3) is 0 Å². The summed E-state index contributed by atoms with van der Waals surface area (Å²) >= 11 is 14.5. The molecule has 2 rings (SSSR count). The molecular formula is C14H18Cl2N2O6S4. The Kier molecular flexibility index (Phi) is 8.65. The van der Waals surface area contributed by atoms with Gasteiger partial charge in [0.2, 0.25) is 0 Å². The molecular weight excluding hydrogens is 491 g/mol. The first-order chi connectivity index (χ1) is 13.0. The molecule has 2 heterocycles. The van der Waals surface area contributed by atoms with Crippen LogP contribution in [0.3, 0.4) is 0 Å². The first-order valence-corrected chi connectivity index (χ1v) is 13.6. The smallest absolute Gasteiger partial charge is 0.250 e. The van der Waals surface area contributed by atoms with Crippen LogP contribution in [-0.2, 0) is 41.4 Å². The normalized spacial score (nSPS) is 14.9. The van der Waals surface area contributed by atoms with E-state index in [1.807, 2.05) is 0 Å². The highest BCUT2D eigenvalue weighted by molar-refractivity contribution is 7.90. The molecule has 2 aromatic rings. The van der Waals surface area contributed by atoms with Crippen LogP contribution in [0, 0.1) is 13.8 Å². The predicted molar refractivity (Wildman–Crippen MR) is 110 cm³/mol. The van der Waals surface area contributed by atoms with Crippen molar-refractivity contribution in [2.45, 2.75) is 37.8 Å². The lowest BCUT2D eigenvalue weighted by molar-refractivity contribution is 0.281. The molecule has 0 bridgehead atoms. The zero-order chi connectivity index (χ0) is 20.9. The molecule has 0 aliphatic rings. The quantitative estimate of drug-likeness (QED) is 0.336. The van der Waals surface area contributed by atoms with E-state index in [2.05, 4.69) is 9.97 Å². The SMILES string of the molecule is Cc1ncsc1CC(Cl)OS(=O)(=O)CCS(=O)(=O)OC(Cl)Cc1scnc1C. The fourth-order valence-electron chi connectivity index (χ4n) is 2.02. The van der Waals surface area contributed by atoms with Gasteiger partial charge in [0.25, 0.3) is 20.2 Å². The van der Waals surface area contributed by atoms with Crippen LogP contribution >= 0.6 is 45.9 Å². The molecule has 0 N–H and O–H groups in total. The van der Waals surface area contributed by atoms with Gasteiger partial charge in [-0.15, -0.1) is 22.7 Å². The molecule has 0 fully saturated rings. The lowest BCUT2D eigenvalue weighted by atomic mass is 10.3. The highest BCUT2D eigenvalue weighted by atomic mass is 35.5. The molecule has 2 aromatic heterocycles. The molecule has 28 heavy (non-hydrogen) atoms. The molecule has 2 unspecified atom stereocenters. The summed E-state index contributed by atoms with van der Waals surface area (Å²) < 4.78 is 57.7. The van der Waals surface area contributed by atoms with E-state index in [9.17, 15) is 16.8 Å². The van der Waals surface area contributed by atoms with Gasteiger partial charge in [0.05, 0.1) is 33.9 Å². The fraction of sp³-hybridized carbons (Fsp3) is 0.571. The molecule has 0 saturated carbocycles. The van der Waals surface area contributed by atoms with Gasteiger partial charge in [-0.05, 0) is 13.8 Å². The summed E-state index contributed by atoms with van der Waals surface area (Å²) in [6.45, 7) is 3.54. The van der Waals surface area contributed by atoms with E-state index in [1.165, 1.54) is 22.7 Å². The molecule has 14 heteroatoms. The average molecular weight is 509 g/mol. The lowest BCUT2D eigenvalue weighted by Gasteiger charge is -2.13. The number of aromatic nitrogens is 2. The second-order valence-corrected chi connectivity index (χ2v) is 12.0. The fourth-order valence-corrected chi connectivity index (χ4v) is 7.39. The van der Waals surface area contributed by atoms with Crippen molar-refractivity contribution < 1.29 is 25.2 Å². The molecule has 0 aliphatic heterocycles. The summed E-state index contributed by atoms with van der Waals surface area (Å²) in [5, 5.41) is 0. The maximum absolute atomic E-state index is 12.0. The minimum Gasteiger partial charge on any atom is -0.250 e. The number of rotatable bonds is 11. The Labute approximate surface area is 182 Å². The van der Waals surface area contributed by atoms with Crippen molar-refractivity contribution >= 4 is 66.1 Å². The zero-order valence-corrected chi connectivity index (χ0v) is 19.6. The second kappa shape index (κ2) is 10.1. The third kappa shape index (κ3) is 7.82. The maximum atomic E-state index is 12.0. The Balaban J connectivity index is 1.84. The van der Waals surface area contributed by atoms with Gasteiger partial charge in [-0.3, -0.25) is 8.37 Å². The van der Waals surface area contributed by atoms with Gasteiger partial charge in [0.1, 0.15) is 0 Å². The number of alkyl halides is 2. The Hall–Kier alpha value is -0.340. The molecule has 0 aliphatic carbocycles. The minimum absolute atomic E-state index is 0.137. The van der Waals surface area contributed by atoms with Gasteiger partial charge >= 0.3 is 0 Å². The van der Waals surface area contributed by atoms with Crippen LogP contribution in [-0.4, -0.2) is 49.4 Å². The van der Waals surface area contributed by atoms with Crippen molar-refractivity contribution in [1.29, 1.82) is 0 Å².